The molecule has 178 valence electrons. The fraction of sp³-hybridized carbons (Fsp3) is 0.269. The first kappa shape index (κ1) is 23.8. The predicted octanol–water partition coefficient (Wildman–Crippen LogP) is 3.97. The molecule has 3 aromatic carbocycles. The summed E-state index contributed by atoms with van der Waals surface area (Å²) >= 11 is 0. The number of ether oxygens (including phenoxy) is 1. The molecule has 0 atom stereocenters. The molecule has 1 aliphatic rings. The minimum Gasteiger partial charge on any atom is -0.378 e. The van der Waals surface area contributed by atoms with E-state index in [9.17, 15) is 13.2 Å². The van der Waals surface area contributed by atoms with Crippen LogP contribution in [0.5, 0.6) is 0 Å². The van der Waals surface area contributed by atoms with Gasteiger partial charge in [-0.05, 0) is 62.4 Å². The van der Waals surface area contributed by atoms with Gasteiger partial charge in [0.25, 0.3) is 10.0 Å². The van der Waals surface area contributed by atoms with Crippen LogP contribution in [-0.4, -0.2) is 47.2 Å². The monoisotopic (exact) mass is 479 g/mol. The second kappa shape index (κ2) is 10.3. The average molecular weight is 480 g/mol. The molecule has 3 aromatic rings. The third-order valence-corrected chi connectivity index (χ3v) is 7.53. The maximum absolute atomic E-state index is 13.5. The molecule has 0 unspecified atom stereocenters. The molecule has 0 spiro atoms. The Bertz CT molecular complexity index is 1220. The van der Waals surface area contributed by atoms with Gasteiger partial charge in [0.15, 0.2) is 0 Å². The zero-order valence-corrected chi connectivity index (χ0v) is 20.2. The minimum absolute atomic E-state index is 0.140. The van der Waals surface area contributed by atoms with Crippen molar-refractivity contribution in [1.29, 1.82) is 0 Å². The lowest BCUT2D eigenvalue weighted by atomic mass is 10.2. The number of sulfonamides is 1. The van der Waals surface area contributed by atoms with Crippen molar-refractivity contribution >= 4 is 33.0 Å². The molecule has 0 saturated carbocycles. The van der Waals surface area contributed by atoms with Crippen molar-refractivity contribution in [2.75, 3.05) is 47.4 Å². The lowest BCUT2D eigenvalue weighted by Crippen LogP contribution is -2.38. The van der Waals surface area contributed by atoms with Crippen LogP contribution in [0, 0.1) is 13.8 Å². The SMILES string of the molecule is Cc1ccc(N(CC(=O)Nc2ccc(N3CCOCC3)cc2)S(=O)(=O)c2ccc(C)cc2)cc1. The van der Waals surface area contributed by atoms with Crippen LogP contribution in [0.4, 0.5) is 17.1 Å². The molecule has 4 rings (SSSR count). The molecule has 7 nitrogen and oxygen atoms in total. The van der Waals surface area contributed by atoms with Gasteiger partial charge in [-0.2, -0.15) is 0 Å². The molecule has 1 fully saturated rings. The van der Waals surface area contributed by atoms with Gasteiger partial charge in [-0.25, -0.2) is 8.42 Å². The van der Waals surface area contributed by atoms with Crippen LogP contribution in [0.25, 0.3) is 0 Å². The average Bonchev–Trinajstić information content (AvgIpc) is 2.84. The lowest BCUT2D eigenvalue weighted by molar-refractivity contribution is -0.114. The van der Waals surface area contributed by atoms with Crippen molar-refractivity contribution in [1.82, 2.24) is 0 Å². The van der Waals surface area contributed by atoms with Gasteiger partial charge in [-0.15, -0.1) is 0 Å². The van der Waals surface area contributed by atoms with Crippen LogP contribution in [0.1, 0.15) is 11.1 Å². The van der Waals surface area contributed by atoms with Gasteiger partial charge in [0.2, 0.25) is 5.91 Å². The standard InChI is InChI=1S/C26H29N3O4S/c1-20-3-9-24(10-4-20)29(34(31,32)25-13-5-21(2)6-14-25)19-26(30)27-22-7-11-23(12-8-22)28-15-17-33-18-16-28/h3-14H,15-19H2,1-2H3,(H,27,30). The summed E-state index contributed by atoms with van der Waals surface area (Å²) in [5.74, 6) is -0.421. The van der Waals surface area contributed by atoms with Crippen LogP contribution in [0.15, 0.2) is 77.7 Å². The summed E-state index contributed by atoms with van der Waals surface area (Å²) in [7, 11) is -3.94. The van der Waals surface area contributed by atoms with E-state index in [0.717, 1.165) is 34.2 Å². The maximum atomic E-state index is 13.5. The molecule has 1 aliphatic heterocycles. The smallest absolute Gasteiger partial charge is 0.264 e. The van der Waals surface area contributed by atoms with E-state index in [1.165, 1.54) is 0 Å². The third-order valence-electron chi connectivity index (χ3n) is 5.75. The second-order valence-electron chi connectivity index (χ2n) is 8.35. The van der Waals surface area contributed by atoms with Crippen molar-refractivity contribution in [3.05, 3.63) is 83.9 Å². The second-order valence-corrected chi connectivity index (χ2v) is 10.2. The number of rotatable bonds is 7. The fourth-order valence-corrected chi connectivity index (χ4v) is 5.19. The quantitative estimate of drug-likeness (QED) is 0.555. The number of benzene rings is 3. The topological polar surface area (TPSA) is 79.0 Å². The molecule has 0 radical (unpaired) electrons. The number of aryl methyl sites for hydroxylation is 2. The van der Waals surface area contributed by atoms with E-state index in [1.807, 2.05) is 50.2 Å². The van der Waals surface area contributed by atoms with Crippen molar-refractivity contribution in [3.8, 4) is 0 Å². The zero-order valence-electron chi connectivity index (χ0n) is 19.4. The highest BCUT2D eigenvalue weighted by atomic mass is 32.2. The number of carbonyl (C=O) groups excluding carboxylic acids is 1. The van der Waals surface area contributed by atoms with E-state index in [0.29, 0.717) is 24.6 Å². The lowest BCUT2D eigenvalue weighted by Gasteiger charge is -2.29. The van der Waals surface area contributed by atoms with E-state index in [-0.39, 0.29) is 11.4 Å². The van der Waals surface area contributed by atoms with Gasteiger partial charge in [0.05, 0.1) is 23.8 Å². The Labute approximate surface area is 201 Å². The van der Waals surface area contributed by atoms with E-state index in [4.69, 9.17) is 4.74 Å². The Kier molecular flexibility index (Phi) is 7.19. The van der Waals surface area contributed by atoms with Gasteiger partial charge in [0.1, 0.15) is 6.54 Å². The summed E-state index contributed by atoms with van der Waals surface area (Å²) < 4.78 is 33.5. The number of hydrogen-bond donors (Lipinski definition) is 1. The fourth-order valence-electron chi connectivity index (χ4n) is 3.77. The van der Waals surface area contributed by atoms with Crippen molar-refractivity contribution in [2.24, 2.45) is 0 Å². The Morgan fingerprint density at radius 2 is 1.44 bits per heavy atom. The molecular weight excluding hydrogens is 450 g/mol. The Morgan fingerprint density at radius 3 is 2.03 bits per heavy atom. The zero-order chi connectivity index (χ0) is 24.1. The van der Waals surface area contributed by atoms with E-state index >= 15 is 0 Å². The summed E-state index contributed by atoms with van der Waals surface area (Å²) in [4.78, 5) is 15.3. The highest BCUT2D eigenvalue weighted by Crippen LogP contribution is 2.25. The van der Waals surface area contributed by atoms with Crippen LogP contribution >= 0.6 is 0 Å². The summed E-state index contributed by atoms with van der Waals surface area (Å²) in [6.07, 6.45) is 0. The maximum Gasteiger partial charge on any atom is 0.264 e. The molecule has 1 saturated heterocycles. The number of hydrogen-bond acceptors (Lipinski definition) is 5. The summed E-state index contributed by atoms with van der Waals surface area (Å²) in [5, 5.41) is 2.83. The van der Waals surface area contributed by atoms with Crippen molar-refractivity contribution < 1.29 is 17.9 Å². The number of carbonyl (C=O) groups is 1. The first-order chi connectivity index (χ1) is 16.3. The van der Waals surface area contributed by atoms with Crippen molar-refractivity contribution in [3.63, 3.8) is 0 Å². The number of nitrogens with zero attached hydrogens (tertiary/aromatic N) is 2. The van der Waals surface area contributed by atoms with E-state index in [2.05, 4.69) is 10.2 Å². The Hall–Kier alpha value is -3.36. The summed E-state index contributed by atoms with van der Waals surface area (Å²) in [6.45, 7) is 6.53. The van der Waals surface area contributed by atoms with Gasteiger partial charge < -0.3 is 15.0 Å². The first-order valence-electron chi connectivity index (χ1n) is 11.2. The molecule has 0 bridgehead atoms. The van der Waals surface area contributed by atoms with E-state index < -0.39 is 15.9 Å². The summed E-state index contributed by atoms with van der Waals surface area (Å²) in [5.41, 5.74) is 4.06. The largest absolute Gasteiger partial charge is 0.378 e. The molecule has 1 amide bonds. The molecule has 34 heavy (non-hydrogen) atoms. The molecule has 0 aliphatic carbocycles. The molecule has 1 heterocycles. The van der Waals surface area contributed by atoms with Crippen LogP contribution in [0.2, 0.25) is 0 Å². The minimum atomic E-state index is -3.94. The third kappa shape index (κ3) is 5.58. The van der Waals surface area contributed by atoms with Gasteiger partial charge in [-0.1, -0.05) is 35.4 Å². The van der Waals surface area contributed by atoms with Gasteiger partial charge in [-0.3, -0.25) is 9.10 Å². The van der Waals surface area contributed by atoms with Gasteiger partial charge >= 0.3 is 0 Å². The van der Waals surface area contributed by atoms with Crippen LogP contribution in [0.3, 0.4) is 0 Å². The van der Waals surface area contributed by atoms with E-state index in [1.54, 1.807) is 36.4 Å². The van der Waals surface area contributed by atoms with Crippen LogP contribution in [-0.2, 0) is 19.6 Å². The molecule has 1 N–H and O–H groups in total. The predicted molar refractivity (Wildman–Crippen MR) is 135 cm³/mol. The molecule has 0 aromatic heterocycles. The molecule has 8 heteroatoms. The highest BCUT2D eigenvalue weighted by molar-refractivity contribution is 7.92. The van der Waals surface area contributed by atoms with Crippen LogP contribution < -0.4 is 14.5 Å². The Balaban J connectivity index is 1.53. The number of morpholine rings is 1. The molecular formula is C26H29N3O4S. The normalized spacial score (nSPS) is 14.0. The summed E-state index contributed by atoms with van der Waals surface area (Å²) in [6, 6.07) is 21.3. The van der Waals surface area contributed by atoms with Crippen molar-refractivity contribution in [2.45, 2.75) is 18.7 Å². The van der Waals surface area contributed by atoms with Gasteiger partial charge in [0, 0.05) is 24.5 Å². The number of anilines is 3. The first-order valence-corrected chi connectivity index (χ1v) is 12.7. The Morgan fingerprint density at radius 1 is 0.882 bits per heavy atom. The highest BCUT2D eigenvalue weighted by Gasteiger charge is 2.27. The number of nitrogens with one attached hydrogen (secondary N) is 1. The number of amides is 1.